The topological polar surface area (TPSA) is 108 Å². The van der Waals surface area contributed by atoms with Crippen molar-refractivity contribution in [3.8, 4) is 0 Å². The molecule has 0 saturated carbocycles. The van der Waals surface area contributed by atoms with Gasteiger partial charge in [0.25, 0.3) is 0 Å². The number of aryl methyl sites for hydroxylation is 2. The van der Waals surface area contributed by atoms with Crippen molar-refractivity contribution >= 4 is 29.1 Å². The lowest BCUT2D eigenvalue weighted by atomic mass is 9.70. The number of hydrogen-bond acceptors (Lipinski definition) is 5. The van der Waals surface area contributed by atoms with Gasteiger partial charge in [0.15, 0.2) is 0 Å². The highest BCUT2D eigenvalue weighted by Crippen LogP contribution is 2.58. The van der Waals surface area contributed by atoms with Crippen LogP contribution < -0.4 is 10.6 Å². The summed E-state index contributed by atoms with van der Waals surface area (Å²) in [6.45, 7) is 4.37. The molecular weight excluding hydrogens is 470 g/mol. The molecule has 2 aromatic rings. The van der Waals surface area contributed by atoms with E-state index in [2.05, 4.69) is 10.6 Å². The van der Waals surface area contributed by atoms with Crippen LogP contribution in [0.3, 0.4) is 0 Å². The number of nitrogens with one attached hydrogen (secondary N) is 2. The number of carbonyl (C=O) groups excluding carboxylic acids is 3. The molecule has 37 heavy (non-hydrogen) atoms. The first-order chi connectivity index (χ1) is 17.9. The fourth-order valence-corrected chi connectivity index (χ4v) is 6.38. The maximum atomic E-state index is 13.9. The highest BCUT2D eigenvalue weighted by molar-refractivity contribution is 6.05. The summed E-state index contributed by atoms with van der Waals surface area (Å²) in [5.74, 6) is -2.08. The lowest BCUT2D eigenvalue weighted by Gasteiger charge is -2.33. The molecule has 196 valence electrons. The zero-order valence-electron chi connectivity index (χ0n) is 21.4. The Hall–Kier alpha value is -3.23. The second-order valence-electron chi connectivity index (χ2n) is 10.5. The molecule has 3 N–H and O–H groups in total. The number of benzene rings is 2. The summed E-state index contributed by atoms with van der Waals surface area (Å²) in [5.41, 5.74) is 2.31. The van der Waals surface area contributed by atoms with E-state index in [1.165, 1.54) is 0 Å². The van der Waals surface area contributed by atoms with Crippen LogP contribution in [-0.2, 0) is 19.1 Å². The molecule has 0 aliphatic carbocycles. The highest BCUT2D eigenvalue weighted by atomic mass is 16.5. The zero-order chi connectivity index (χ0) is 26.2. The highest BCUT2D eigenvalue weighted by Gasteiger charge is 2.74. The minimum absolute atomic E-state index is 0.0869. The van der Waals surface area contributed by atoms with Crippen LogP contribution in [0.5, 0.6) is 0 Å². The number of nitrogens with zero attached hydrogens (tertiary/aromatic N) is 1. The SMILES string of the molecule is Cc1ccc(C)c(NC(=O)C2N(CCCCCO)C(=O)[C@@H]3[C@@H](C(=O)Nc4ccccc4)[C@H]4CCC23O4)c1. The van der Waals surface area contributed by atoms with E-state index < -0.39 is 29.6 Å². The van der Waals surface area contributed by atoms with Gasteiger partial charge in [-0.25, -0.2) is 0 Å². The smallest absolute Gasteiger partial charge is 0.250 e. The first-order valence-electron chi connectivity index (χ1n) is 13.2. The van der Waals surface area contributed by atoms with Gasteiger partial charge < -0.3 is 25.4 Å². The van der Waals surface area contributed by atoms with Crippen LogP contribution in [-0.4, -0.2) is 58.6 Å². The molecule has 8 heteroatoms. The number of carbonyl (C=O) groups is 3. The van der Waals surface area contributed by atoms with E-state index >= 15 is 0 Å². The van der Waals surface area contributed by atoms with Crippen LogP contribution in [0.4, 0.5) is 11.4 Å². The number of aliphatic hydroxyl groups excluding tert-OH is 1. The molecule has 3 amide bonds. The summed E-state index contributed by atoms with van der Waals surface area (Å²) in [6.07, 6.45) is 2.82. The molecule has 2 unspecified atom stereocenters. The Labute approximate surface area is 217 Å². The van der Waals surface area contributed by atoms with Gasteiger partial charge in [0.2, 0.25) is 17.7 Å². The molecule has 2 bridgehead atoms. The van der Waals surface area contributed by atoms with Gasteiger partial charge in [-0.3, -0.25) is 14.4 Å². The fourth-order valence-electron chi connectivity index (χ4n) is 6.38. The van der Waals surface area contributed by atoms with E-state index in [0.717, 1.165) is 17.5 Å². The molecule has 0 radical (unpaired) electrons. The van der Waals surface area contributed by atoms with E-state index in [9.17, 15) is 19.5 Å². The quantitative estimate of drug-likeness (QED) is 0.453. The van der Waals surface area contributed by atoms with Gasteiger partial charge in [-0.1, -0.05) is 30.3 Å². The van der Waals surface area contributed by atoms with E-state index in [0.29, 0.717) is 43.6 Å². The van der Waals surface area contributed by atoms with E-state index in [-0.39, 0.29) is 24.3 Å². The van der Waals surface area contributed by atoms with Crippen LogP contribution in [0, 0.1) is 25.7 Å². The molecular formula is C29H35N3O5. The number of rotatable bonds is 9. The maximum absolute atomic E-state index is 13.9. The van der Waals surface area contributed by atoms with Crippen molar-refractivity contribution in [1.82, 2.24) is 4.90 Å². The monoisotopic (exact) mass is 505 g/mol. The van der Waals surface area contributed by atoms with Crippen LogP contribution in [0.2, 0.25) is 0 Å². The molecule has 5 atom stereocenters. The number of unbranched alkanes of at least 4 members (excludes halogenated alkanes) is 2. The number of amides is 3. The summed E-state index contributed by atoms with van der Waals surface area (Å²) in [6, 6.07) is 14.2. The van der Waals surface area contributed by atoms with Crippen LogP contribution in [0.25, 0.3) is 0 Å². The summed E-state index contributed by atoms with van der Waals surface area (Å²) in [7, 11) is 0. The number of fused-ring (bicyclic) bond motifs is 1. The van der Waals surface area contributed by atoms with Gasteiger partial charge in [-0.15, -0.1) is 0 Å². The Morgan fingerprint density at radius 1 is 1.05 bits per heavy atom. The second kappa shape index (κ2) is 10.3. The normalized spacial score (nSPS) is 27.9. The summed E-state index contributed by atoms with van der Waals surface area (Å²) < 4.78 is 6.48. The van der Waals surface area contributed by atoms with Crippen molar-refractivity contribution in [3.63, 3.8) is 0 Å². The van der Waals surface area contributed by atoms with Gasteiger partial charge in [0.05, 0.1) is 17.9 Å². The first-order valence-corrected chi connectivity index (χ1v) is 13.2. The van der Waals surface area contributed by atoms with E-state index in [1.54, 1.807) is 4.90 Å². The number of ether oxygens (including phenoxy) is 1. The molecule has 3 saturated heterocycles. The Bertz CT molecular complexity index is 1190. The Morgan fingerprint density at radius 2 is 1.84 bits per heavy atom. The van der Waals surface area contributed by atoms with Gasteiger partial charge in [0.1, 0.15) is 11.6 Å². The lowest BCUT2D eigenvalue weighted by molar-refractivity contribution is -0.139. The predicted molar refractivity (Wildman–Crippen MR) is 140 cm³/mol. The van der Waals surface area contributed by atoms with Crippen LogP contribution in [0.1, 0.15) is 43.2 Å². The third-order valence-electron chi connectivity index (χ3n) is 8.10. The summed E-state index contributed by atoms with van der Waals surface area (Å²) >= 11 is 0. The molecule has 3 heterocycles. The third-order valence-corrected chi connectivity index (χ3v) is 8.10. The molecule has 3 aliphatic rings. The third kappa shape index (κ3) is 4.53. The number of likely N-dealkylation sites (tertiary alicyclic amines) is 1. The fraction of sp³-hybridized carbons (Fsp3) is 0.483. The Kier molecular flexibility index (Phi) is 7.05. The maximum Gasteiger partial charge on any atom is 0.250 e. The molecule has 3 aliphatic heterocycles. The molecule has 1 spiro atoms. The Morgan fingerprint density at radius 3 is 2.59 bits per heavy atom. The average Bonchev–Trinajstić information content (AvgIpc) is 3.52. The number of para-hydroxylation sites is 1. The molecule has 3 fully saturated rings. The molecule has 8 nitrogen and oxygen atoms in total. The van der Waals surface area contributed by atoms with Gasteiger partial charge in [-0.05, 0) is 75.3 Å². The number of aliphatic hydroxyl groups is 1. The van der Waals surface area contributed by atoms with Gasteiger partial charge >= 0.3 is 0 Å². The number of hydrogen-bond donors (Lipinski definition) is 3. The molecule has 0 aromatic heterocycles. The zero-order valence-corrected chi connectivity index (χ0v) is 21.4. The van der Waals surface area contributed by atoms with Gasteiger partial charge in [0, 0.05) is 24.5 Å². The van der Waals surface area contributed by atoms with Crippen molar-refractivity contribution in [3.05, 3.63) is 59.7 Å². The lowest BCUT2D eigenvalue weighted by Crippen LogP contribution is -2.53. The number of anilines is 2. The van der Waals surface area contributed by atoms with Crippen LogP contribution >= 0.6 is 0 Å². The second-order valence-corrected chi connectivity index (χ2v) is 10.5. The van der Waals surface area contributed by atoms with Crippen LogP contribution in [0.15, 0.2) is 48.5 Å². The van der Waals surface area contributed by atoms with E-state index in [4.69, 9.17) is 4.74 Å². The van der Waals surface area contributed by atoms with Crippen molar-refractivity contribution in [2.75, 3.05) is 23.8 Å². The van der Waals surface area contributed by atoms with Crippen molar-refractivity contribution < 1.29 is 24.2 Å². The van der Waals surface area contributed by atoms with Crippen molar-refractivity contribution in [2.24, 2.45) is 11.8 Å². The standard InChI is InChI=1S/C29H35N3O5/c1-18-11-12-19(2)21(17-18)31-27(35)25-29-14-13-22(37-29)23(26(34)30-20-9-5-3-6-10-20)24(29)28(36)32(25)15-7-4-8-16-33/h3,5-6,9-12,17,22-25,33H,4,7-8,13-16H2,1-2H3,(H,30,34)(H,31,35)/t22-,23+,24+,25?,29?/m1/s1. The van der Waals surface area contributed by atoms with Crippen molar-refractivity contribution in [1.29, 1.82) is 0 Å². The minimum Gasteiger partial charge on any atom is -0.396 e. The largest absolute Gasteiger partial charge is 0.396 e. The summed E-state index contributed by atoms with van der Waals surface area (Å²) in [4.78, 5) is 42.9. The summed E-state index contributed by atoms with van der Waals surface area (Å²) in [5, 5.41) is 15.2. The van der Waals surface area contributed by atoms with E-state index in [1.807, 2.05) is 62.4 Å². The Balaban J connectivity index is 1.45. The van der Waals surface area contributed by atoms with Gasteiger partial charge in [-0.2, -0.15) is 0 Å². The predicted octanol–water partition coefficient (Wildman–Crippen LogP) is 3.42. The molecule has 2 aromatic carbocycles. The van der Waals surface area contributed by atoms with Crippen molar-refractivity contribution in [2.45, 2.75) is 63.7 Å². The molecule has 5 rings (SSSR count). The average molecular weight is 506 g/mol. The minimum atomic E-state index is -1.03. The first kappa shape index (κ1) is 25.4.